The second-order valence-corrected chi connectivity index (χ2v) is 6.74. The molecule has 0 aliphatic heterocycles. The molecule has 1 fully saturated rings. The number of nitrogens with one attached hydrogen (secondary N) is 1. The first-order valence-electron chi connectivity index (χ1n) is 8.40. The summed E-state index contributed by atoms with van der Waals surface area (Å²) < 4.78 is 20.5. The lowest BCUT2D eigenvalue weighted by atomic mass is 10.1. The summed E-state index contributed by atoms with van der Waals surface area (Å²) >= 11 is 5.72. The molecule has 1 saturated carbocycles. The van der Waals surface area contributed by atoms with E-state index in [2.05, 4.69) is 4.98 Å². The minimum absolute atomic E-state index is 0.0127. The first-order valence-corrected chi connectivity index (χ1v) is 8.77. The SMILES string of the molecule is CCOC(=O)c1cn2cc(-c3ccc(Cl)c(F)c3)[nH]c(=O)c2c1C1CC1. The maximum absolute atomic E-state index is 13.8. The van der Waals surface area contributed by atoms with E-state index in [-0.39, 0.29) is 23.1 Å². The molecule has 134 valence electrons. The Morgan fingerprint density at radius 3 is 2.81 bits per heavy atom. The summed E-state index contributed by atoms with van der Waals surface area (Å²) in [6, 6.07) is 4.32. The molecule has 7 heteroatoms. The van der Waals surface area contributed by atoms with Crippen LogP contribution in [0.3, 0.4) is 0 Å². The number of ether oxygens (including phenoxy) is 1. The lowest BCUT2D eigenvalue weighted by molar-refractivity contribution is 0.0525. The third-order valence-corrected chi connectivity index (χ3v) is 4.82. The molecule has 0 saturated heterocycles. The van der Waals surface area contributed by atoms with Crippen molar-refractivity contribution in [1.82, 2.24) is 9.38 Å². The van der Waals surface area contributed by atoms with Gasteiger partial charge < -0.3 is 14.1 Å². The summed E-state index contributed by atoms with van der Waals surface area (Å²) in [5.41, 5.74) is 2.19. The van der Waals surface area contributed by atoms with E-state index >= 15 is 0 Å². The van der Waals surface area contributed by atoms with Crippen LogP contribution in [0.1, 0.15) is 41.6 Å². The minimum atomic E-state index is -0.566. The van der Waals surface area contributed by atoms with Gasteiger partial charge in [0.1, 0.15) is 11.3 Å². The summed E-state index contributed by atoms with van der Waals surface area (Å²) in [7, 11) is 0. The van der Waals surface area contributed by atoms with Crippen molar-refractivity contribution in [3.8, 4) is 11.3 Å². The van der Waals surface area contributed by atoms with Gasteiger partial charge in [0, 0.05) is 23.5 Å². The van der Waals surface area contributed by atoms with Crippen LogP contribution in [-0.2, 0) is 4.74 Å². The smallest absolute Gasteiger partial charge is 0.339 e. The number of hydrogen-bond donors (Lipinski definition) is 1. The van der Waals surface area contributed by atoms with Crippen molar-refractivity contribution in [2.24, 2.45) is 0 Å². The van der Waals surface area contributed by atoms with Crippen LogP contribution in [0, 0.1) is 5.82 Å². The Hall–Kier alpha value is -2.60. The van der Waals surface area contributed by atoms with Crippen LogP contribution in [0.5, 0.6) is 0 Å². The van der Waals surface area contributed by atoms with Gasteiger partial charge in [-0.05, 0) is 37.8 Å². The predicted molar refractivity (Wildman–Crippen MR) is 96.4 cm³/mol. The molecule has 1 aliphatic carbocycles. The van der Waals surface area contributed by atoms with Crippen LogP contribution in [0.2, 0.25) is 5.02 Å². The van der Waals surface area contributed by atoms with E-state index < -0.39 is 11.8 Å². The number of carbonyl (C=O) groups excluding carboxylic acids is 1. The molecule has 26 heavy (non-hydrogen) atoms. The number of aromatic amines is 1. The first-order chi connectivity index (χ1) is 12.5. The molecule has 2 aromatic heterocycles. The van der Waals surface area contributed by atoms with E-state index in [9.17, 15) is 14.0 Å². The van der Waals surface area contributed by atoms with Gasteiger partial charge in [0.15, 0.2) is 0 Å². The number of nitrogens with zero attached hydrogens (tertiary/aromatic N) is 1. The standard InChI is InChI=1S/C19H16ClFN2O3/c1-2-26-19(25)12-8-23-9-15(11-5-6-13(20)14(21)7-11)22-18(24)17(23)16(12)10-3-4-10/h5-10H,2-4H2,1H3,(H,22,24). The molecule has 1 aromatic carbocycles. The number of rotatable bonds is 4. The fourth-order valence-electron chi connectivity index (χ4n) is 3.20. The summed E-state index contributed by atoms with van der Waals surface area (Å²) in [6.07, 6.45) is 5.17. The highest BCUT2D eigenvalue weighted by Crippen LogP contribution is 2.44. The third-order valence-electron chi connectivity index (χ3n) is 4.51. The molecule has 1 N–H and O–H groups in total. The third kappa shape index (κ3) is 2.80. The minimum Gasteiger partial charge on any atom is -0.462 e. The van der Waals surface area contributed by atoms with Gasteiger partial charge in [-0.3, -0.25) is 4.79 Å². The highest BCUT2D eigenvalue weighted by molar-refractivity contribution is 6.30. The second-order valence-electron chi connectivity index (χ2n) is 6.33. The van der Waals surface area contributed by atoms with Crippen molar-refractivity contribution in [2.45, 2.75) is 25.7 Å². The van der Waals surface area contributed by atoms with E-state index in [4.69, 9.17) is 16.3 Å². The topological polar surface area (TPSA) is 63.6 Å². The lowest BCUT2D eigenvalue weighted by Crippen LogP contribution is -2.12. The molecule has 0 amide bonds. The van der Waals surface area contributed by atoms with E-state index in [1.807, 2.05) is 0 Å². The average molecular weight is 375 g/mol. The number of halogens is 2. The van der Waals surface area contributed by atoms with Crippen molar-refractivity contribution < 1.29 is 13.9 Å². The van der Waals surface area contributed by atoms with Crippen LogP contribution in [0.25, 0.3) is 16.8 Å². The maximum Gasteiger partial charge on any atom is 0.339 e. The Labute approximate surface area is 153 Å². The van der Waals surface area contributed by atoms with E-state index in [1.165, 1.54) is 12.1 Å². The predicted octanol–water partition coefficient (Wildman–Crippen LogP) is 4.14. The monoisotopic (exact) mass is 374 g/mol. The van der Waals surface area contributed by atoms with Crippen molar-refractivity contribution >= 4 is 23.1 Å². The number of aromatic nitrogens is 2. The Morgan fingerprint density at radius 1 is 1.38 bits per heavy atom. The van der Waals surface area contributed by atoms with Crippen LogP contribution in [0.4, 0.5) is 4.39 Å². The van der Waals surface area contributed by atoms with Gasteiger partial charge in [-0.15, -0.1) is 0 Å². The highest BCUT2D eigenvalue weighted by Gasteiger charge is 2.33. The second kappa shape index (κ2) is 6.29. The molecule has 1 aliphatic rings. The molecule has 0 radical (unpaired) electrons. The highest BCUT2D eigenvalue weighted by atomic mass is 35.5. The van der Waals surface area contributed by atoms with Crippen LogP contribution in [0.15, 0.2) is 35.4 Å². The van der Waals surface area contributed by atoms with E-state index in [0.717, 1.165) is 18.4 Å². The average Bonchev–Trinajstić information content (AvgIpc) is 3.37. The Kier molecular flexibility index (Phi) is 4.07. The fourth-order valence-corrected chi connectivity index (χ4v) is 3.32. The Morgan fingerprint density at radius 2 is 2.15 bits per heavy atom. The van der Waals surface area contributed by atoms with Crippen LogP contribution < -0.4 is 5.56 Å². The van der Waals surface area contributed by atoms with E-state index in [0.29, 0.717) is 22.3 Å². The van der Waals surface area contributed by atoms with Gasteiger partial charge in [-0.25, -0.2) is 9.18 Å². The summed E-state index contributed by atoms with van der Waals surface area (Å²) in [5, 5.41) is 0.0127. The quantitative estimate of drug-likeness (QED) is 0.698. The largest absolute Gasteiger partial charge is 0.462 e. The number of fused-ring (bicyclic) bond motifs is 1. The zero-order valence-electron chi connectivity index (χ0n) is 14.0. The van der Waals surface area contributed by atoms with Gasteiger partial charge in [-0.1, -0.05) is 17.7 Å². The number of benzene rings is 1. The number of carbonyl (C=O) groups is 1. The van der Waals surface area contributed by atoms with Crippen molar-refractivity contribution in [1.29, 1.82) is 0 Å². The van der Waals surface area contributed by atoms with Gasteiger partial charge in [0.2, 0.25) is 0 Å². The first kappa shape index (κ1) is 16.8. The summed E-state index contributed by atoms with van der Waals surface area (Å²) in [4.78, 5) is 27.8. The van der Waals surface area contributed by atoms with Gasteiger partial charge >= 0.3 is 5.97 Å². The Bertz CT molecular complexity index is 1080. The zero-order chi connectivity index (χ0) is 18.4. The van der Waals surface area contributed by atoms with E-state index in [1.54, 1.807) is 29.8 Å². The molecular weight excluding hydrogens is 359 g/mol. The molecule has 0 unspecified atom stereocenters. The number of esters is 1. The number of H-pyrrole nitrogens is 1. The van der Waals surface area contributed by atoms with Crippen molar-refractivity contribution in [3.05, 3.63) is 62.9 Å². The van der Waals surface area contributed by atoms with Crippen molar-refractivity contribution in [3.63, 3.8) is 0 Å². The van der Waals surface area contributed by atoms with Gasteiger partial charge in [0.25, 0.3) is 5.56 Å². The molecular formula is C19H16ClFN2O3. The molecule has 3 aromatic rings. The van der Waals surface area contributed by atoms with Crippen LogP contribution in [-0.4, -0.2) is 22.0 Å². The number of hydrogen-bond acceptors (Lipinski definition) is 3. The van der Waals surface area contributed by atoms with Crippen molar-refractivity contribution in [2.75, 3.05) is 6.61 Å². The summed E-state index contributed by atoms with van der Waals surface area (Å²) in [6.45, 7) is 2.01. The molecule has 2 heterocycles. The molecule has 4 rings (SSSR count). The van der Waals surface area contributed by atoms with Gasteiger partial charge in [0.05, 0.1) is 22.9 Å². The summed E-state index contributed by atoms with van der Waals surface area (Å²) in [5.74, 6) is -0.806. The zero-order valence-corrected chi connectivity index (χ0v) is 14.8. The lowest BCUT2D eigenvalue weighted by Gasteiger charge is -2.05. The molecule has 0 spiro atoms. The fraction of sp³-hybridized carbons (Fsp3) is 0.263. The van der Waals surface area contributed by atoms with Crippen LogP contribution >= 0.6 is 11.6 Å². The maximum atomic E-state index is 13.8. The molecule has 0 atom stereocenters. The molecule has 5 nitrogen and oxygen atoms in total. The normalized spacial score (nSPS) is 14.0. The molecule has 0 bridgehead atoms. The Balaban J connectivity index is 1.91. The van der Waals surface area contributed by atoms with Gasteiger partial charge in [-0.2, -0.15) is 0 Å².